The Bertz CT molecular complexity index is 1280. The van der Waals surface area contributed by atoms with Gasteiger partial charge in [0.15, 0.2) is 0 Å². The molecule has 3 aromatic carbocycles. The predicted octanol–water partition coefficient (Wildman–Crippen LogP) is 4.36. The van der Waals surface area contributed by atoms with Crippen molar-refractivity contribution < 1.29 is 19.1 Å². The van der Waals surface area contributed by atoms with Gasteiger partial charge in [0, 0.05) is 12.6 Å². The molecule has 3 amide bonds. The minimum atomic E-state index is -0.457. The molecule has 1 aliphatic heterocycles. The highest BCUT2D eigenvalue weighted by Gasteiger charge is 2.41. The molecule has 2 N–H and O–H groups in total. The molecule has 3 aromatic rings. The highest BCUT2D eigenvalue weighted by molar-refractivity contribution is 6.46. The van der Waals surface area contributed by atoms with Gasteiger partial charge < -0.3 is 15.4 Å². The predicted molar refractivity (Wildman–Crippen MR) is 128 cm³/mol. The van der Waals surface area contributed by atoms with Crippen LogP contribution in [0.5, 0.6) is 5.75 Å². The van der Waals surface area contributed by atoms with Crippen LogP contribution < -0.4 is 20.3 Å². The number of hydrogen-bond donors (Lipinski definition) is 2. The number of nitrogens with zero attached hydrogens (tertiary/aromatic N) is 1. The molecule has 1 heterocycles. The number of para-hydroxylation sites is 3. The van der Waals surface area contributed by atoms with Gasteiger partial charge in [-0.2, -0.15) is 0 Å². The van der Waals surface area contributed by atoms with Crippen LogP contribution in [0.2, 0.25) is 0 Å². The minimum Gasteiger partial charge on any atom is -0.495 e. The normalized spacial score (nSPS) is 13.4. The highest BCUT2D eigenvalue weighted by atomic mass is 16.5. The average molecular weight is 441 g/mol. The number of aryl methyl sites for hydroxylation is 1. The van der Waals surface area contributed by atoms with Crippen LogP contribution in [0.4, 0.5) is 17.1 Å². The Morgan fingerprint density at radius 1 is 0.879 bits per heavy atom. The second-order valence-electron chi connectivity index (χ2n) is 7.57. The fourth-order valence-electron chi connectivity index (χ4n) is 3.75. The molecule has 7 nitrogen and oxygen atoms in total. The first-order valence-electron chi connectivity index (χ1n) is 10.4. The standard InChI is InChI=1S/C26H23N3O4/c1-16-8-4-6-10-21(16)29-25(31)23(18-12-14-19(15-13-18)27-17(2)30)24(26(29)32)28-20-9-5-7-11-22(20)33-3/h4-15,28H,1-3H3,(H,27,30). The summed E-state index contributed by atoms with van der Waals surface area (Å²) in [6.45, 7) is 3.27. The minimum absolute atomic E-state index is 0.153. The summed E-state index contributed by atoms with van der Waals surface area (Å²) in [5.41, 5.74) is 3.43. The maximum Gasteiger partial charge on any atom is 0.282 e. The van der Waals surface area contributed by atoms with Crippen LogP contribution in [0.25, 0.3) is 5.57 Å². The van der Waals surface area contributed by atoms with Crippen LogP contribution in [0, 0.1) is 6.92 Å². The lowest BCUT2D eigenvalue weighted by molar-refractivity contribution is -0.120. The summed E-state index contributed by atoms with van der Waals surface area (Å²) in [6.07, 6.45) is 0. The van der Waals surface area contributed by atoms with Gasteiger partial charge >= 0.3 is 0 Å². The molecule has 0 saturated heterocycles. The maximum atomic E-state index is 13.6. The summed E-state index contributed by atoms with van der Waals surface area (Å²) < 4.78 is 5.41. The van der Waals surface area contributed by atoms with E-state index in [1.54, 1.807) is 48.5 Å². The van der Waals surface area contributed by atoms with E-state index in [1.165, 1.54) is 18.9 Å². The number of amides is 3. The number of nitrogens with one attached hydrogen (secondary N) is 2. The monoisotopic (exact) mass is 441 g/mol. The topological polar surface area (TPSA) is 87.7 Å². The maximum absolute atomic E-state index is 13.6. The number of ether oxygens (including phenoxy) is 1. The van der Waals surface area contributed by atoms with E-state index >= 15 is 0 Å². The van der Waals surface area contributed by atoms with E-state index in [-0.39, 0.29) is 17.2 Å². The molecule has 0 unspecified atom stereocenters. The number of rotatable bonds is 6. The molecule has 0 bridgehead atoms. The molecule has 0 fully saturated rings. The first-order chi connectivity index (χ1) is 15.9. The molecule has 0 aromatic heterocycles. The number of imide groups is 1. The Morgan fingerprint density at radius 3 is 2.21 bits per heavy atom. The van der Waals surface area contributed by atoms with Gasteiger partial charge in [-0.1, -0.05) is 42.5 Å². The van der Waals surface area contributed by atoms with Crippen LogP contribution in [0.3, 0.4) is 0 Å². The first kappa shape index (κ1) is 21.8. The Labute approximate surface area is 191 Å². The molecular formula is C26H23N3O4. The Balaban J connectivity index is 1.82. The Hall–Kier alpha value is -4.39. The second-order valence-corrected chi connectivity index (χ2v) is 7.57. The molecule has 0 aliphatic carbocycles. The van der Waals surface area contributed by atoms with Crippen LogP contribution in [0.15, 0.2) is 78.5 Å². The van der Waals surface area contributed by atoms with Gasteiger partial charge in [0.25, 0.3) is 11.8 Å². The number of methoxy groups -OCH3 is 1. The number of carbonyl (C=O) groups excluding carboxylic acids is 3. The summed E-state index contributed by atoms with van der Waals surface area (Å²) in [6, 6.07) is 21.2. The lowest BCUT2D eigenvalue weighted by atomic mass is 10.0. The van der Waals surface area contributed by atoms with E-state index in [0.29, 0.717) is 28.4 Å². The molecule has 0 atom stereocenters. The van der Waals surface area contributed by atoms with Crippen molar-refractivity contribution in [3.63, 3.8) is 0 Å². The van der Waals surface area contributed by atoms with Gasteiger partial charge in [0.1, 0.15) is 11.4 Å². The van der Waals surface area contributed by atoms with E-state index in [9.17, 15) is 14.4 Å². The summed E-state index contributed by atoms with van der Waals surface area (Å²) in [4.78, 5) is 39.7. The largest absolute Gasteiger partial charge is 0.495 e. The zero-order valence-electron chi connectivity index (χ0n) is 18.5. The van der Waals surface area contributed by atoms with Gasteiger partial charge in [0.2, 0.25) is 5.91 Å². The van der Waals surface area contributed by atoms with Gasteiger partial charge in [-0.25, -0.2) is 4.90 Å². The average Bonchev–Trinajstić information content (AvgIpc) is 3.04. The van der Waals surface area contributed by atoms with Crippen molar-refractivity contribution in [1.29, 1.82) is 0 Å². The third kappa shape index (κ3) is 4.21. The van der Waals surface area contributed by atoms with E-state index < -0.39 is 11.8 Å². The third-order valence-corrected chi connectivity index (χ3v) is 5.30. The summed E-state index contributed by atoms with van der Waals surface area (Å²) in [5, 5.41) is 5.83. The molecule has 1 aliphatic rings. The van der Waals surface area contributed by atoms with E-state index in [0.717, 1.165) is 5.56 Å². The zero-order chi connectivity index (χ0) is 23.5. The SMILES string of the molecule is COc1ccccc1NC1=C(c2ccc(NC(C)=O)cc2)C(=O)N(c2ccccc2C)C1=O. The second kappa shape index (κ2) is 9.00. The van der Waals surface area contributed by atoms with Gasteiger partial charge in [-0.15, -0.1) is 0 Å². The molecule has 4 rings (SSSR count). The fourth-order valence-corrected chi connectivity index (χ4v) is 3.75. The Morgan fingerprint density at radius 2 is 1.55 bits per heavy atom. The smallest absolute Gasteiger partial charge is 0.282 e. The summed E-state index contributed by atoms with van der Waals surface area (Å²) >= 11 is 0. The first-order valence-corrected chi connectivity index (χ1v) is 10.4. The van der Waals surface area contributed by atoms with Crippen molar-refractivity contribution in [3.05, 3.63) is 89.6 Å². The lowest BCUT2D eigenvalue weighted by Crippen LogP contribution is -2.33. The number of carbonyl (C=O) groups is 3. The van der Waals surface area contributed by atoms with Gasteiger partial charge in [-0.3, -0.25) is 14.4 Å². The van der Waals surface area contributed by atoms with E-state index in [1.807, 2.05) is 31.2 Å². The molecular weight excluding hydrogens is 418 g/mol. The molecule has 0 radical (unpaired) electrons. The lowest BCUT2D eigenvalue weighted by Gasteiger charge is -2.18. The van der Waals surface area contributed by atoms with Crippen molar-refractivity contribution in [2.75, 3.05) is 22.6 Å². The number of hydrogen-bond acceptors (Lipinski definition) is 5. The van der Waals surface area contributed by atoms with Crippen LogP contribution in [-0.2, 0) is 14.4 Å². The molecule has 0 saturated carbocycles. The van der Waals surface area contributed by atoms with Crippen LogP contribution >= 0.6 is 0 Å². The number of anilines is 3. The van der Waals surface area contributed by atoms with Crippen LogP contribution in [-0.4, -0.2) is 24.8 Å². The molecule has 7 heteroatoms. The molecule has 33 heavy (non-hydrogen) atoms. The highest BCUT2D eigenvalue weighted by Crippen LogP contribution is 2.36. The fraction of sp³-hybridized carbons (Fsp3) is 0.115. The Kier molecular flexibility index (Phi) is 5.95. The van der Waals surface area contributed by atoms with Gasteiger partial charge in [-0.05, 0) is 48.4 Å². The summed E-state index contributed by atoms with van der Waals surface area (Å²) in [5.74, 6) is -0.543. The number of benzene rings is 3. The van der Waals surface area contributed by atoms with Crippen molar-refractivity contribution in [1.82, 2.24) is 0 Å². The van der Waals surface area contributed by atoms with E-state index in [2.05, 4.69) is 10.6 Å². The van der Waals surface area contributed by atoms with Crippen LogP contribution in [0.1, 0.15) is 18.1 Å². The quantitative estimate of drug-likeness (QED) is 0.555. The zero-order valence-corrected chi connectivity index (χ0v) is 18.5. The van der Waals surface area contributed by atoms with Crippen molar-refractivity contribution >= 4 is 40.4 Å². The van der Waals surface area contributed by atoms with Crippen molar-refractivity contribution in [2.45, 2.75) is 13.8 Å². The van der Waals surface area contributed by atoms with Crippen molar-refractivity contribution in [2.24, 2.45) is 0 Å². The van der Waals surface area contributed by atoms with E-state index in [4.69, 9.17) is 4.74 Å². The molecule has 166 valence electrons. The third-order valence-electron chi connectivity index (χ3n) is 5.30. The molecule has 0 spiro atoms. The van der Waals surface area contributed by atoms with Gasteiger partial charge in [0.05, 0.1) is 24.1 Å². The summed E-state index contributed by atoms with van der Waals surface area (Å²) in [7, 11) is 1.54. The van der Waals surface area contributed by atoms with Crippen molar-refractivity contribution in [3.8, 4) is 5.75 Å².